The predicted octanol–water partition coefficient (Wildman–Crippen LogP) is 2.40. The lowest BCUT2D eigenvalue weighted by atomic mass is 10.2. The third-order valence-electron chi connectivity index (χ3n) is 2.72. The molecule has 4 N–H and O–H groups in total. The van der Waals surface area contributed by atoms with Crippen LogP contribution in [0.5, 0.6) is 5.75 Å². The number of benzene rings is 2. The molecule has 0 bridgehead atoms. The fourth-order valence-electron chi connectivity index (χ4n) is 1.63. The van der Waals surface area contributed by atoms with Crippen LogP contribution in [0.15, 0.2) is 48.5 Å². The summed E-state index contributed by atoms with van der Waals surface area (Å²) in [6.07, 6.45) is 0. The lowest BCUT2D eigenvalue weighted by Gasteiger charge is -2.09. The normalized spacial score (nSPS) is 9.86. The van der Waals surface area contributed by atoms with E-state index in [0.717, 1.165) is 0 Å². The monoisotopic (exact) mass is 319 g/mol. The van der Waals surface area contributed by atoms with Gasteiger partial charge in [0.25, 0.3) is 5.91 Å². The summed E-state index contributed by atoms with van der Waals surface area (Å²) in [6.45, 7) is -0.0922. The molecule has 0 fully saturated rings. The number of amides is 3. The Labute approximate surface area is 132 Å². The minimum absolute atomic E-state index is 0.0922. The highest BCUT2D eigenvalue weighted by Crippen LogP contribution is 2.15. The maximum atomic E-state index is 11.8. The van der Waals surface area contributed by atoms with E-state index in [1.165, 1.54) is 6.07 Å². The van der Waals surface area contributed by atoms with Crippen LogP contribution in [0, 0.1) is 0 Å². The zero-order valence-electron chi connectivity index (χ0n) is 11.5. The zero-order chi connectivity index (χ0) is 15.9. The highest BCUT2D eigenvalue weighted by molar-refractivity contribution is 6.30. The number of para-hydroxylation sites is 1. The predicted molar refractivity (Wildman–Crippen MR) is 83.8 cm³/mol. The average Bonchev–Trinajstić information content (AvgIpc) is 2.49. The Balaban J connectivity index is 1.79. The molecule has 2 rings (SSSR count). The molecule has 0 unspecified atom stereocenters. The Morgan fingerprint density at radius 1 is 1.09 bits per heavy atom. The van der Waals surface area contributed by atoms with E-state index in [2.05, 4.69) is 10.6 Å². The molecular weight excluding hydrogens is 306 g/mol. The molecule has 114 valence electrons. The Bertz CT molecular complexity index is 674. The smallest absolute Gasteiger partial charge is 0.324 e. The average molecular weight is 320 g/mol. The van der Waals surface area contributed by atoms with Crippen molar-refractivity contribution in [1.29, 1.82) is 0 Å². The second-order valence-corrected chi connectivity index (χ2v) is 4.73. The van der Waals surface area contributed by atoms with Crippen LogP contribution in [0.4, 0.5) is 10.5 Å². The SMILES string of the molecule is Nc1ccccc1C(=O)NC(=O)NCOc1ccc(Cl)cc1. The van der Waals surface area contributed by atoms with Crippen molar-refractivity contribution in [3.63, 3.8) is 0 Å². The number of urea groups is 1. The van der Waals surface area contributed by atoms with Gasteiger partial charge in [-0.1, -0.05) is 23.7 Å². The van der Waals surface area contributed by atoms with Gasteiger partial charge in [-0.25, -0.2) is 4.79 Å². The molecule has 0 spiro atoms. The number of nitrogen functional groups attached to an aromatic ring is 1. The van der Waals surface area contributed by atoms with Crippen molar-refractivity contribution in [3.05, 3.63) is 59.1 Å². The van der Waals surface area contributed by atoms with Gasteiger partial charge in [0.05, 0.1) is 5.56 Å². The minimum atomic E-state index is -0.679. The molecule has 0 saturated carbocycles. The second-order valence-electron chi connectivity index (χ2n) is 4.29. The number of nitrogens with two attached hydrogens (primary N) is 1. The molecule has 6 nitrogen and oxygen atoms in total. The molecule has 0 radical (unpaired) electrons. The molecule has 0 aliphatic carbocycles. The molecule has 0 heterocycles. The van der Waals surface area contributed by atoms with E-state index in [1.807, 2.05) is 0 Å². The third-order valence-corrected chi connectivity index (χ3v) is 2.97. The summed E-state index contributed by atoms with van der Waals surface area (Å²) >= 11 is 5.74. The molecule has 2 aromatic rings. The van der Waals surface area contributed by atoms with Gasteiger partial charge in [0, 0.05) is 10.7 Å². The first-order chi connectivity index (χ1) is 10.6. The second kappa shape index (κ2) is 7.33. The standard InChI is InChI=1S/C15H14ClN3O3/c16-10-5-7-11(8-6-10)22-9-18-15(21)19-14(20)12-3-1-2-4-13(12)17/h1-8H,9,17H2,(H2,18,19,20,21). The number of anilines is 1. The van der Waals surface area contributed by atoms with E-state index >= 15 is 0 Å². The highest BCUT2D eigenvalue weighted by atomic mass is 35.5. The summed E-state index contributed by atoms with van der Waals surface area (Å²) in [5.41, 5.74) is 6.19. The Hall–Kier alpha value is -2.73. The minimum Gasteiger partial charge on any atom is -0.473 e. The molecule has 0 saturated heterocycles. The van der Waals surface area contributed by atoms with E-state index in [0.29, 0.717) is 16.5 Å². The number of halogens is 1. The number of imide groups is 1. The van der Waals surface area contributed by atoms with Gasteiger partial charge < -0.3 is 15.8 Å². The van der Waals surface area contributed by atoms with Crippen LogP contribution in [0.2, 0.25) is 5.02 Å². The van der Waals surface area contributed by atoms with Crippen LogP contribution in [0.3, 0.4) is 0 Å². The number of hydrogen-bond acceptors (Lipinski definition) is 4. The number of hydrogen-bond donors (Lipinski definition) is 3. The van der Waals surface area contributed by atoms with Crippen molar-refractivity contribution in [2.45, 2.75) is 0 Å². The summed E-state index contributed by atoms with van der Waals surface area (Å²) in [6, 6.07) is 12.5. The highest BCUT2D eigenvalue weighted by Gasteiger charge is 2.12. The van der Waals surface area contributed by atoms with Gasteiger partial charge in [0.1, 0.15) is 5.75 Å². The van der Waals surface area contributed by atoms with Gasteiger partial charge in [-0.2, -0.15) is 0 Å². The van der Waals surface area contributed by atoms with Crippen molar-refractivity contribution >= 4 is 29.2 Å². The van der Waals surface area contributed by atoms with E-state index in [9.17, 15) is 9.59 Å². The summed E-state index contributed by atoms with van der Waals surface area (Å²) in [7, 11) is 0. The van der Waals surface area contributed by atoms with Crippen LogP contribution in [-0.2, 0) is 0 Å². The first-order valence-electron chi connectivity index (χ1n) is 6.38. The van der Waals surface area contributed by atoms with Gasteiger partial charge in [0.15, 0.2) is 6.73 Å². The van der Waals surface area contributed by atoms with Crippen LogP contribution in [0.1, 0.15) is 10.4 Å². The number of nitrogens with one attached hydrogen (secondary N) is 2. The molecule has 3 amide bonds. The van der Waals surface area contributed by atoms with Crippen LogP contribution < -0.4 is 21.1 Å². The molecule has 0 atom stereocenters. The van der Waals surface area contributed by atoms with Gasteiger partial charge in [0.2, 0.25) is 0 Å². The van der Waals surface area contributed by atoms with Gasteiger partial charge in [-0.15, -0.1) is 0 Å². The molecule has 7 heteroatoms. The summed E-state index contributed by atoms with van der Waals surface area (Å²) in [5, 5.41) is 5.15. The van der Waals surface area contributed by atoms with E-state index in [1.54, 1.807) is 42.5 Å². The number of ether oxygens (including phenoxy) is 1. The molecule has 0 aliphatic heterocycles. The summed E-state index contributed by atoms with van der Waals surface area (Å²) in [4.78, 5) is 23.4. The van der Waals surface area contributed by atoms with Gasteiger partial charge >= 0.3 is 6.03 Å². The molecule has 0 aliphatic rings. The number of carbonyl (C=O) groups is 2. The Morgan fingerprint density at radius 3 is 2.45 bits per heavy atom. The van der Waals surface area contributed by atoms with Crippen LogP contribution >= 0.6 is 11.6 Å². The fourth-order valence-corrected chi connectivity index (χ4v) is 1.76. The lowest BCUT2D eigenvalue weighted by Crippen LogP contribution is -2.41. The molecular formula is C15H14ClN3O3. The quantitative estimate of drug-likeness (QED) is 0.596. The van der Waals surface area contributed by atoms with Crippen molar-refractivity contribution in [2.24, 2.45) is 0 Å². The fraction of sp³-hybridized carbons (Fsp3) is 0.0667. The van der Waals surface area contributed by atoms with Gasteiger partial charge in [-0.3, -0.25) is 10.1 Å². The maximum Gasteiger partial charge on any atom is 0.324 e. The zero-order valence-corrected chi connectivity index (χ0v) is 12.3. The maximum absolute atomic E-state index is 11.8. The van der Waals surface area contributed by atoms with Crippen LogP contribution in [-0.4, -0.2) is 18.7 Å². The lowest BCUT2D eigenvalue weighted by molar-refractivity contribution is 0.0963. The first-order valence-corrected chi connectivity index (χ1v) is 6.76. The first kappa shape index (κ1) is 15.7. The van der Waals surface area contributed by atoms with Crippen LogP contribution in [0.25, 0.3) is 0 Å². The largest absolute Gasteiger partial charge is 0.473 e. The number of rotatable bonds is 4. The van der Waals surface area contributed by atoms with E-state index in [-0.39, 0.29) is 12.3 Å². The topological polar surface area (TPSA) is 93.5 Å². The van der Waals surface area contributed by atoms with Crippen molar-refractivity contribution in [3.8, 4) is 5.75 Å². The summed E-state index contributed by atoms with van der Waals surface area (Å²) < 4.78 is 5.28. The number of carbonyl (C=O) groups excluding carboxylic acids is 2. The Kier molecular flexibility index (Phi) is 5.21. The molecule has 2 aromatic carbocycles. The molecule has 0 aromatic heterocycles. The van der Waals surface area contributed by atoms with Gasteiger partial charge in [-0.05, 0) is 36.4 Å². The van der Waals surface area contributed by atoms with Crippen molar-refractivity contribution < 1.29 is 14.3 Å². The van der Waals surface area contributed by atoms with E-state index < -0.39 is 11.9 Å². The third kappa shape index (κ3) is 4.39. The Morgan fingerprint density at radius 2 is 1.77 bits per heavy atom. The van der Waals surface area contributed by atoms with Crippen molar-refractivity contribution in [2.75, 3.05) is 12.5 Å². The van der Waals surface area contributed by atoms with Crippen molar-refractivity contribution in [1.82, 2.24) is 10.6 Å². The molecule has 22 heavy (non-hydrogen) atoms. The summed E-state index contributed by atoms with van der Waals surface area (Å²) in [5.74, 6) is -0.0366. The van der Waals surface area contributed by atoms with E-state index in [4.69, 9.17) is 22.1 Å².